The Hall–Kier alpha value is -1.99. The van der Waals surface area contributed by atoms with Gasteiger partial charge in [-0.15, -0.1) is 11.3 Å². The average Bonchev–Trinajstić information content (AvgIpc) is 2.76. The van der Waals surface area contributed by atoms with E-state index in [9.17, 15) is 0 Å². The number of hydrogen-bond donors (Lipinski definition) is 2. The molecule has 21 heavy (non-hydrogen) atoms. The Labute approximate surface area is 130 Å². The summed E-state index contributed by atoms with van der Waals surface area (Å²) in [7, 11) is 1.67. The SMILES string of the molecule is COc1ccccc1Sc1sc2nc(N)nc(N)c2c1C. The number of aryl methyl sites for hydroxylation is 1. The van der Waals surface area contributed by atoms with Gasteiger partial charge < -0.3 is 16.2 Å². The summed E-state index contributed by atoms with van der Waals surface area (Å²) in [5.41, 5.74) is 12.7. The van der Waals surface area contributed by atoms with E-state index in [1.807, 2.05) is 31.2 Å². The fraction of sp³-hybridized carbons (Fsp3) is 0.143. The van der Waals surface area contributed by atoms with Crippen molar-refractivity contribution in [2.45, 2.75) is 16.0 Å². The van der Waals surface area contributed by atoms with Gasteiger partial charge in [-0.3, -0.25) is 0 Å². The van der Waals surface area contributed by atoms with E-state index in [0.717, 1.165) is 30.6 Å². The summed E-state index contributed by atoms with van der Waals surface area (Å²) in [6.07, 6.45) is 0. The van der Waals surface area contributed by atoms with Crippen LogP contribution < -0.4 is 16.2 Å². The van der Waals surface area contributed by atoms with Gasteiger partial charge in [-0.25, -0.2) is 4.98 Å². The van der Waals surface area contributed by atoms with Crippen LogP contribution in [0.25, 0.3) is 10.2 Å². The molecule has 0 atom stereocenters. The van der Waals surface area contributed by atoms with Crippen LogP contribution >= 0.6 is 23.1 Å². The van der Waals surface area contributed by atoms with Gasteiger partial charge in [0.1, 0.15) is 16.4 Å². The quantitative estimate of drug-likeness (QED) is 0.770. The molecule has 0 aliphatic heterocycles. The number of benzene rings is 1. The highest BCUT2D eigenvalue weighted by Crippen LogP contribution is 2.44. The van der Waals surface area contributed by atoms with Crippen LogP contribution in [0.1, 0.15) is 5.56 Å². The van der Waals surface area contributed by atoms with Crippen LogP contribution in [-0.2, 0) is 0 Å². The maximum absolute atomic E-state index is 5.96. The van der Waals surface area contributed by atoms with Crippen molar-refractivity contribution >= 4 is 45.1 Å². The first-order valence-corrected chi connectivity index (χ1v) is 7.86. The summed E-state index contributed by atoms with van der Waals surface area (Å²) < 4.78 is 6.50. The molecule has 3 aromatic rings. The van der Waals surface area contributed by atoms with Gasteiger partial charge in [-0.2, -0.15) is 4.98 Å². The molecule has 0 spiro atoms. The predicted octanol–water partition coefficient (Wildman–Crippen LogP) is 3.32. The zero-order valence-corrected chi connectivity index (χ0v) is 13.2. The Morgan fingerprint density at radius 2 is 1.95 bits per heavy atom. The zero-order valence-electron chi connectivity index (χ0n) is 11.6. The molecule has 108 valence electrons. The lowest BCUT2D eigenvalue weighted by molar-refractivity contribution is 0.405. The molecule has 0 fully saturated rings. The molecule has 0 aliphatic carbocycles. The Balaban J connectivity index is 2.09. The fourth-order valence-electron chi connectivity index (χ4n) is 2.07. The van der Waals surface area contributed by atoms with Crippen molar-refractivity contribution in [3.63, 3.8) is 0 Å². The Kier molecular flexibility index (Phi) is 3.60. The number of aromatic nitrogens is 2. The first-order valence-electron chi connectivity index (χ1n) is 6.23. The van der Waals surface area contributed by atoms with Crippen molar-refractivity contribution in [3.05, 3.63) is 29.8 Å². The van der Waals surface area contributed by atoms with Gasteiger partial charge in [0.25, 0.3) is 0 Å². The molecule has 0 radical (unpaired) electrons. The van der Waals surface area contributed by atoms with Crippen molar-refractivity contribution in [1.29, 1.82) is 0 Å². The highest BCUT2D eigenvalue weighted by atomic mass is 32.2. The largest absolute Gasteiger partial charge is 0.496 e. The van der Waals surface area contributed by atoms with Crippen molar-refractivity contribution in [2.24, 2.45) is 0 Å². The smallest absolute Gasteiger partial charge is 0.223 e. The van der Waals surface area contributed by atoms with E-state index in [1.54, 1.807) is 30.2 Å². The molecule has 3 rings (SSSR count). The van der Waals surface area contributed by atoms with Gasteiger partial charge in [-0.05, 0) is 24.6 Å². The Morgan fingerprint density at radius 1 is 1.19 bits per heavy atom. The molecule has 1 aromatic carbocycles. The normalized spacial score (nSPS) is 11.0. The van der Waals surface area contributed by atoms with Crippen LogP contribution in [0.3, 0.4) is 0 Å². The minimum atomic E-state index is 0.204. The van der Waals surface area contributed by atoms with Gasteiger partial charge in [0.05, 0.1) is 21.6 Å². The molecular weight excluding hydrogens is 304 g/mol. The average molecular weight is 318 g/mol. The lowest BCUT2D eigenvalue weighted by Crippen LogP contribution is -1.99. The molecule has 4 N–H and O–H groups in total. The third kappa shape index (κ3) is 2.50. The van der Waals surface area contributed by atoms with Crippen LogP contribution in [-0.4, -0.2) is 17.1 Å². The van der Waals surface area contributed by atoms with E-state index in [2.05, 4.69) is 9.97 Å². The highest BCUT2D eigenvalue weighted by molar-refractivity contribution is 8.01. The summed E-state index contributed by atoms with van der Waals surface area (Å²) in [6.45, 7) is 2.02. The number of nitrogens with zero attached hydrogens (tertiary/aromatic N) is 2. The van der Waals surface area contributed by atoms with Crippen LogP contribution in [0, 0.1) is 6.92 Å². The highest BCUT2D eigenvalue weighted by Gasteiger charge is 2.16. The molecule has 0 saturated heterocycles. The van der Waals surface area contributed by atoms with Crippen LogP contribution in [0.2, 0.25) is 0 Å². The topological polar surface area (TPSA) is 87.0 Å². The molecule has 0 saturated carbocycles. The number of anilines is 2. The minimum Gasteiger partial charge on any atom is -0.496 e. The molecule has 0 unspecified atom stereocenters. The lowest BCUT2D eigenvalue weighted by atomic mass is 10.2. The Morgan fingerprint density at radius 3 is 2.71 bits per heavy atom. The summed E-state index contributed by atoms with van der Waals surface area (Å²) in [4.78, 5) is 10.2. The third-order valence-corrected chi connectivity index (χ3v) is 5.59. The van der Waals surface area contributed by atoms with Crippen LogP contribution in [0.4, 0.5) is 11.8 Å². The molecule has 5 nitrogen and oxygen atoms in total. The number of rotatable bonds is 3. The molecular formula is C14H14N4OS2. The fourth-order valence-corrected chi connectivity index (χ4v) is 4.52. The number of para-hydroxylation sites is 1. The van der Waals surface area contributed by atoms with Gasteiger partial charge in [0.15, 0.2) is 0 Å². The van der Waals surface area contributed by atoms with E-state index in [4.69, 9.17) is 16.2 Å². The van der Waals surface area contributed by atoms with Gasteiger partial charge in [0, 0.05) is 0 Å². The van der Waals surface area contributed by atoms with E-state index >= 15 is 0 Å². The van der Waals surface area contributed by atoms with Crippen molar-refractivity contribution < 1.29 is 4.74 Å². The molecule has 2 heterocycles. The summed E-state index contributed by atoms with van der Waals surface area (Å²) >= 11 is 3.20. The molecule has 0 amide bonds. The number of nitrogens with two attached hydrogens (primary N) is 2. The number of hydrogen-bond acceptors (Lipinski definition) is 7. The maximum Gasteiger partial charge on any atom is 0.223 e. The molecule has 2 aromatic heterocycles. The summed E-state index contributed by atoms with van der Waals surface area (Å²) in [6, 6.07) is 7.90. The maximum atomic E-state index is 5.96. The predicted molar refractivity (Wildman–Crippen MR) is 88.1 cm³/mol. The van der Waals surface area contributed by atoms with Gasteiger partial charge in [-0.1, -0.05) is 23.9 Å². The van der Waals surface area contributed by atoms with Crippen molar-refractivity contribution in [1.82, 2.24) is 9.97 Å². The zero-order chi connectivity index (χ0) is 15.0. The molecule has 0 aliphatic rings. The number of thiophene rings is 1. The van der Waals surface area contributed by atoms with Crippen LogP contribution in [0.15, 0.2) is 33.4 Å². The first kappa shape index (κ1) is 14.0. The standard InChI is InChI=1S/C14H14N4OS2/c1-7-10-11(15)17-14(16)18-12(10)21-13(7)20-9-6-4-3-5-8(9)19-2/h3-6H,1-2H3,(H4,15,16,17,18). The van der Waals surface area contributed by atoms with Gasteiger partial charge in [0.2, 0.25) is 5.95 Å². The number of nitrogen functional groups attached to an aromatic ring is 2. The lowest BCUT2D eigenvalue weighted by Gasteiger charge is -2.06. The summed E-state index contributed by atoms with van der Waals surface area (Å²) in [5.74, 6) is 1.48. The minimum absolute atomic E-state index is 0.204. The molecule has 7 heteroatoms. The molecule has 0 bridgehead atoms. The number of ether oxygens (including phenoxy) is 1. The Bertz CT molecular complexity index is 816. The van der Waals surface area contributed by atoms with Crippen molar-refractivity contribution in [3.8, 4) is 5.75 Å². The second-order valence-corrected chi connectivity index (χ2v) is 6.72. The second kappa shape index (κ2) is 5.42. The second-order valence-electron chi connectivity index (χ2n) is 4.41. The van der Waals surface area contributed by atoms with E-state index in [-0.39, 0.29) is 5.95 Å². The monoisotopic (exact) mass is 318 g/mol. The van der Waals surface area contributed by atoms with Gasteiger partial charge >= 0.3 is 0 Å². The van der Waals surface area contributed by atoms with Crippen LogP contribution in [0.5, 0.6) is 5.75 Å². The number of methoxy groups -OCH3 is 1. The third-order valence-electron chi connectivity index (χ3n) is 3.06. The van der Waals surface area contributed by atoms with E-state index < -0.39 is 0 Å². The summed E-state index contributed by atoms with van der Waals surface area (Å²) in [5, 5.41) is 0.881. The number of fused-ring (bicyclic) bond motifs is 1. The first-order chi connectivity index (χ1) is 10.1. The van der Waals surface area contributed by atoms with E-state index in [1.165, 1.54) is 0 Å². The van der Waals surface area contributed by atoms with E-state index in [0.29, 0.717) is 5.82 Å². The van der Waals surface area contributed by atoms with Crippen molar-refractivity contribution in [2.75, 3.05) is 18.6 Å².